The molecule has 6 nitrogen and oxygen atoms in total. The van der Waals surface area contributed by atoms with Gasteiger partial charge in [0, 0.05) is 19.0 Å². The van der Waals surface area contributed by atoms with Gasteiger partial charge in [0.15, 0.2) is 0 Å². The predicted octanol–water partition coefficient (Wildman–Crippen LogP) is 3.59. The lowest BCUT2D eigenvalue weighted by molar-refractivity contribution is -0.155. The highest BCUT2D eigenvalue weighted by atomic mass is 35.5. The molecule has 142 valence electrons. The Hall–Kier alpha value is -1.95. The third-order valence-corrected chi connectivity index (χ3v) is 5.33. The number of anilines is 1. The van der Waals surface area contributed by atoms with Crippen molar-refractivity contribution in [3.63, 3.8) is 0 Å². The Morgan fingerprint density at radius 1 is 1.12 bits per heavy atom. The number of amides is 1. The van der Waals surface area contributed by atoms with Crippen LogP contribution in [-0.2, 0) is 14.3 Å². The number of hydrogen-bond donors (Lipinski definition) is 0. The molecule has 0 aromatic heterocycles. The van der Waals surface area contributed by atoms with Gasteiger partial charge < -0.3 is 19.1 Å². The Morgan fingerprint density at radius 2 is 1.81 bits per heavy atom. The van der Waals surface area contributed by atoms with Crippen molar-refractivity contribution >= 4 is 29.2 Å². The van der Waals surface area contributed by atoms with Crippen LogP contribution in [0.25, 0.3) is 0 Å². The van der Waals surface area contributed by atoms with Crippen LogP contribution in [0.1, 0.15) is 38.5 Å². The number of carbonyl (C=O) groups excluding carboxylic acids is 2. The Bertz CT molecular complexity index is 687. The van der Waals surface area contributed by atoms with Gasteiger partial charge in [-0.2, -0.15) is 0 Å². The summed E-state index contributed by atoms with van der Waals surface area (Å²) in [5.74, 6) is 0.0459. The highest BCUT2D eigenvalue weighted by Gasteiger charge is 2.38. The van der Waals surface area contributed by atoms with Crippen LogP contribution in [0.2, 0.25) is 5.02 Å². The van der Waals surface area contributed by atoms with Crippen molar-refractivity contribution in [1.29, 1.82) is 0 Å². The van der Waals surface area contributed by atoms with Gasteiger partial charge in [0.25, 0.3) is 0 Å². The monoisotopic (exact) mass is 381 g/mol. The van der Waals surface area contributed by atoms with E-state index < -0.39 is 5.92 Å². The fraction of sp³-hybridized carbons (Fsp3) is 0.579. The van der Waals surface area contributed by atoms with E-state index in [0.717, 1.165) is 25.7 Å². The first-order valence-electron chi connectivity index (χ1n) is 8.96. The summed E-state index contributed by atoms with van der Waals surface area (Å²) < 4.78 is 16.2. The van der Waals surface area contributed by atoms with Crippen LogP contribution in [-0.4, -0.2) is 38.7 Å². The maximum atomic E-state index is 12.5. The molecule has 1 aliphatic heterocycles. The first kappa shape index (κ1) is 18.8. The molecule has 0 radical (unpaired) electrons. The molecule has 3 rings (SSSR count). The van der Waals surface area contributed by atoms with E-state index in [4.69, 9.17) is 25.8 Å². The minimum atomic E-state index is -0.463. The van der Waals surface area contributed by atoms with E-state index in [-0.39, 0.29) is 30.9 Å². The molecule has 1 aliphatic carbocycles. The zero-order valence-corrected chi connectivity index (χ0v) is 15.9. The summed E-state index contributed by atoms with van der Waals surface area (Å²) in [6, 6.07) is 3.27. The number of methoxy groups -OCH3 is 2. The smallest absolute Gasteiger partial charge is 0.311 e. The van der Waals surface area contributed by atoms with Crippen LogP contribution < -0.4 is 14.4 Å². The van der Waals surface area contributed by atoms with Gasteiger partial charge in [-0.05, 0) is 31.7 Å². The molecular weight excluding hydrogens is 358 g/mol. The predicted molar refractivity (Wildman–Crippen MR) is 98.0 cm³/mol. The van der Waals surface area contributed by atoms with Gasteiger partial charge in [0.1, 0.15) is 17.6 Å². The second-order valence-electron chi connectivity index (χ2n) is 6.76. The molecular formula is C19H24ClNO5. The molecule has 1 unspecified atom stereocenters. The highest BCUT2D eigenvalue weighted by molar-refractivity contribution is 6.32. The average Bonchev–Trinajstić information content (AvgIpc) is 3.04. The van der Waals surface area contributed by atoms with Crippen LogP contribution in [0, 0.1) is 5.92 Å². The molecule has 1 saturated heterocycles. The summed E-state index contributed by atoms with van der Waals surface area (Å²) in [6.07, 6.45) is 5.34. The lowest BCUT2D eigenvalue weighted by Gasteiger charge is -2.24. The van der Waals surface area contributed by atoms with Gasteiger partial charge in [0.2, 0.25) is 5.91 Å². The summed E-state index contributed by atoms with van der Waals surface area (Å²) in [5, 5.41) is 0.379. The Kier molecular flexibility index (Phi) is 5.91. The van der Waals surface area contributed by atoms with Crippen molar-refractivity contribution in [3.05, 3.63) is 17.2 Å². The molecule has 0 bridgehead atoms. The second-order valence-corrected chi connectivity index (χ2v) is 7.17. The van der Waals surface area contributed by atoms with Crippen molar-refractivity contribution in [3.8, 4) is 11.5 Å². The van der Waals surface area contributed by atoms with Crippen molar-refractivity contribution in [1.82, 2.24) is 0 Å². The third-order valence-electron chi connectivity index (χ3n) is 5.04. The molecule has 0 N–H and O–H groups in total. The zero-order valence-electron chi connectivity index (χ0n) is 15.1. The third kappa shape index (κ3) is 3.90. The van der Waals surface area contributed by atoms with E-state index in [1.54, 1.807) is 12.1 Å². The average molecular weight is 382 g/mol. The second kappa shape index (κ2) is 8.16. The first-order chi connectivity index (χ1) is 12.5. The van der Waals surface area contributed by atoms with Gasteiger partial charge in [-0.3, -0.25) is 9.59 Å². The van der Waals surface area contributed by atoms with E-state index in [2.05, 4.69) is 0 Å². The Morgan fingerprint density at radius 3 is 2.46 bits per heavy atom. The number of benzene rings is 1. The molecule has 0 spiro atoms. The number of halogens is 1. The van der Waals surface area contributed by atoms with Gasteiger partial charge in [0.05, 0.1) is 30.8 Å². The van der Waals surface area contributed by atoms with E-state index in [9.17, 15) is 9.59 Å². The first-order valence-corrected chi connectivity index (χ1v) is 9.33. The fourth-order valence-corrected chi connectivity index (χ4v) is 3.83. The minimum Gasteiger partial charge on any atom is -0.495 e. The van der Waals surface area contributed by atoms with Crippen molar-refractivity contribution in [2.75, 3.05) is 25.7 Å². The SMILES string of the molecule is COc1cc(OC)c(N2CC(C(=O)OC3CCCCC3)CC2=O)cc1Cl. The topological polar surface area (TPSA) is 65.1 Å². The number of esters is 1. The van der Waals surface area contributed by atoms with Crippen LogP contribution in [0.5, 0.6) is 11.5 Å². The van der Waals surface area contributed by atoms with Crippen molar-refractivity contribution in [2.45, 2.75) is 44.6 Å². The minimum absolute atomic E-state index is 0.00892. The number of ether oxygens (including phenoxy) is 3. The van der Waals surface area contributed by atoms with E-state index >= 15 is 0 Å². The van der Waals surface area contributed by atoms with Gasteiger partial charge in [-0.15, -0.1) is 0 Å². The molecule has 2 aliphatic rings. The van der Waals surface area contributed by atoms with Crippen LogP contribution in [0.15, 0.2) is 12.1 Å². The van der Waals surface area contributed by atoms with E-state index in [0.29, 0.717) is 22.2 Å². The number of hydrogen-bond acceptors (Lipinski definition) is 5. The van der Waals surface area contributed by atoms with E-state index in [1.807, 2.05) is 0 Å². The maximum absolute atomic E-state index is 12.5. The molecule has 2 fully saturated rings. The van der Waals surface area contributed by atoms with Crippen molar-refractivity contribution in [2.24, 2.45) is 5.92 Å². The summed E-state index contributed by atoms with van der Waals surface area (Å²) in [5.41, 5.74) is 0.538. The molecule has 26 heavy (non-hydrogen) atoms. The molecule has 1 heterocycles. The number of carbonyl (C=O) groups is 2. The summed E-state index contributed by atoms with van der Waals surface area (Å²) in [6.45, 7) is 0.267. The van der Waals surface area contributed by atoms with Crippen LogP contribution >= 0.6 is 11.6 Å². The number of rotatable bonds is 5. The number of nitrogens with zero attached hydrogens (tertiary/aromatic N) is 1. The van der Waals surface area contributed by atoms with Crippen LogP contribution in [0.4, 0.5) is 5.69 Å². The van der Waals surface area contributed by atoms with E-state index in [1.165, 1.54) is 25.5 Å². The zero-order chi connectivity index (χ0) is 18.7. The largest absolute Gasteiger partial charge is 0.495 e. The summed E-state index contributed by atoms with van der Waals surface area (Å²) in [4.78, 5) is 26.5. The normalized spacial score (nSPS) is 21.0. The molecule has 1 saturated carbocycles. The Balaban J connectivity index is 1.73. The van der Waals surface area contributed by atoms with Gasteiger partial charge in [-0.25, -0.2) is 0 Å². The molecule has 7 heteroatoms. The highest BCUT2D eigenvalue weighted by Crippen LogP contribution is 2.40. The molecule has 1 aromatic carbocycles. The van der Waals surface area contributed by atoms with Crippen LogP contribution in [0.3, 0.4) is 0 Å². The maximum Gasteiger partial charge on any atom is 0.311 e. The summed E-state index contributed by atoms with van der Waals surface area (Å²) in [7, 11) is 3.03. The van der Waals surface area contributed by atoms with Gasteiger partial charge in [-0.1, -0.05) is 18.0 Å². The molecule has 1 atom stereocenters. The lowest BCUT2D eigenvalue weighted by Crippen LogP contribution is -2.29. The summed E-state index contributed by atoms with van der Waals surface area (Å²) >= 11 is 6.20. The molecule has 1 aromatic rings. The lowest BCUT2D eigenvalue weighted by atomic mass is 9.97. The Labute approximate surface area is 158 Å². The fourth-order valence-electron chi connectivity index (χ4n) is 3.60. The molecule has 1 amide bonds. The quantitative estimate of drug-likeness (QED) is 0.729. The van der Waals surface area contributed by atoms with Gasteiger partial charge >= 0.3 is 5.97 Å². The van der Waals surface area contributed by atoms with Crippen molar-refractivity contribution < 1.29 is 23.8 Å². The standard InChI is InChI=1S/C19H24ClNO5/c1-24-16-10-17(25-2)15(9-14(16)20)21-11-12(8-18(21)22)19(23)26-13-6-4-3-5-7-13/h9-10,12-13H,3-8,11H2,1-2H3.